The lowest BCUT2D eigenvalue weighted by Crippen LogP contribution is -2.30. The number of aromatic nitrogens is 3. The number of nitrogens with zero attached hydrogens (tertiary/aromatic N) is 2. The molecule has 1 atom stereocenters. The Labute approximate surface area is 157 Å². The molecule has 0 bridgehead atoms. The molecule has 0 spiro atoms. The number of amides is 1. The highest BCUT2D eigenvalue weighted by Crippen LogP contribution is 2.23. The summed E-state index contributed by atoms with van der Waals surface area (Å²) >= 11 is 0. The van der Waals surface area contributed by atoms with Gasteiger partial charge in [0.15, 0.2) is 0 Å². The Kier molecular flexibility index (Phi) is 5.83. The van der Waals surface area contributed by atoms with Crippen molar-refractivity contribution in [2.45, 2.75) is 19.9 Å². The number of aromatic amines is 1. The first-order valence-corrected chi connectivity index (χ1v) is 8.74. The zero-order chi connectivity index (χ0) is 19.2. The third-order valence-electron chi connectivity index (χ3n) is 4.11. The zero-order valence-electron chi connectivity index (χ0n) is 15.3. The van der Waals surface area contributed by atoms with Gasteiger partial charge in [-0.2, -0.15) is 4.98 Å². The predicted molar refractivity (Wildman–Crippen MR) is 101 cm³/mol. The van der Waals surface area contributed by atoms with E-state index in [-0.39, 0.29) is 12.5 Å². The number of H-pyrrole nitrogens is 1. The average molecular weight is 366 g/mol. The Balaban J connectivity index is 1.79. The van der Waals surface area contributed by atoms with E-state index >= 15 is 0 Å². The van der Waals surface area contributed by atoms with Crippen molar-refractivity contribution in [2.24, 2.45) is 0 Å². The molecular formula is C20H22N4O3. The van der Waals surface area contributed by atoms with Crippen molar-refractivity contribution in [1.29, 1.82) is 0 Å². The zero-order valence-corrected chi connectivity index (χ0v) is 15.3. The van der Waals surface area contributed by atoms with E-state index in [0.29, 0.717) is 24.0 Å². The fourth-order valence-corrected chi connectivity index (χ4v) is 2.73. The Hall–Kier alpha value is -3.19. The number of rotatable bonds is 7. The van der Waals surface area contributed by atoms with Gasteiger partial charge in [-0.25, -0.2) is 4.98 Å². The van der Waals surface area contributed by atoms with Gasteiger partial charge in [-0.15, -0.1) is 0 Å². The van der Waals surface area contributed by atoms with Crippen LogP contribution in [0.3, 0.4) is 0 Å². The molecule has 0 aliphatic heterocycles. The van der Waals surface area contributed by atoms with E-state index in [9.17, 15) is 9.90 Å². The predicted octanol–water partition coefficient (Wildman–Crippen LogP) is 2.64. The molecule has 0 saturated heterocycles. The maximum atomic E-state index is 12.6. The molecule has 0 saturated carbocycles. The molecule has 3 rings (SSSR count). The third-order valence-corrected chi connectivity index (χ3v) is 4.11. The van der Waals surface area contributed by atoms with Gasteiger partial charge in [-0.05, 0) is 31.0 Å². The van der Waals surface area contributed by atoms with E-state index in [2.05, 4.69) is 20.3 Å². The molecule has 3 aromatic rings. The van der Waals surface area contributed by atoms with Gasteiger partial charge in [0, 0.05) is 18.0 Å². The third kappa shape index (κ3) is 4.32. The van der Waals surface area contributed by atoms with Crippen molar-refractivity contribution < 1.29 is 14.6 Å². The lowest BCUT2D eigenvalue weighted by atomic mass is 10.1. The molecule has 0 unspecified atom stereocenters. The minimum atomic E-state index is -0.476. The number of ether oxygens (including phenoxy) is 1. The number of benzene rings is 1. The first kappa shape index (κ1) is 18.6. The Morgan fingerprint density at radius 1 is 1.33 bits per heavy atom. The molecule has 2 aromatic heterocycles. The number of carbonyl (C=O) groups excluding carboxylic acids is 1. The van der Waals surface area contributed by atoms with Crippen LogP contribution >= 0.6 is 0 Å². The van der Waals surface area contributed by atoms with Crippen LogP contribution in [0.1, 0.15) is 34.6 Å². The number of nitrogens with one attached hydrogen (secondary N) is 2. The smallest absolute Gasteiger partial charge is 0.316 e. The van der Waals surface area contributed by atoms with E-state index in [1.54, 1.807) is 18.5 Å². The Morgan fingerprint density at radius 2 is 2.11 bits per heavy atom. The Bertz CT molecular complexity index is 909. The Morgan fingerprint density at radius 3 is 2.81 bits per heavy atom. The van der Waals surface area contributed by atoms with Crippen LogP contribution < -0.4 is 10.1 Å². The number of aliphatic hydroxyl groups is 1. The van der Waals surface area contributed by atoms with Crippen molar-refractivity contribution in [3.05, 3.63) is 65.6 Å². The fourth-order valence-electron chi connectivity index (χ4n) is 2.73. The molecule has 2 heterocycles. The van der Waals surface area contributed by atoms with Gasteiger partial charge in [0.1, 0.15) is 5.69 Å². The van der Waals surface area contributed by atoms with E-state index in [0.717, 1.165) is 16.7 Å². The molecule has 0 aliphatic rings. The normalized spacial score (nSPS) is 11.8. The highest BCUT2D eigenvalue weighted by Gasteiger charge is 2.17. The SMILES string of the molecule is CCOc1ncc(C)c(-c2c[nH]c(C(=O)N[C@@H](CO)c3ccccc3)c2)n1. The van der Waals surface area contributed by atoms with Gasteiger partial charge in [-0.3, -0.25) is 4.79 Å². The van der Waals surface area contributed by atoms with Gasteiger partial charge in [-0.1, -0.05) is 30.3 Å². The molecule has 140 valence electrons. The minimum absolute atomic E-state index is 0.188. The lowest BCUT2D eigenvalue weighted by Gasteiger charge is -2.16. The van der Waals surface area contributed by atoms with Gasteiger partial charge in [0.25, 0.3) is 5.91 Å². The standard InChI is InChI=1S/C20H22N4O3/c1-3-27-20-22-10-13(2)18(24-20)15-9-16(21-11-15)19(26)23-17(12-25)14-7-5-4-6-8-14/h4-11,17,21,25H,3,12H2,1-2H3,(H,23,26)/t17-/m0/s1. The largest absolute Gasteiger partial charge is 0.464 e. The van der Waals surface area contributed by atoms with Crippen LogP contribution in [0.2, 0.25) is 0 Å². The van der Waals surface area contributed by atoms with Crippen LogP contribution in [0.5, 0.6) is 6.01 Å². The van der Waals surface area contributed by atoms with Gasteiger partial charge in [0.2, 0.25) is 0 Å². The molecule has 0 fully saturated rings. The monoisotopic (exact) mass is 366 g/mol. The summed E-state index contributed by atoms with van der Waals surface area (Å²) in [6, 6.07) is 10.9. The quantitative estimate of drug-likeness (QED) is 0.597. The lowest BCUT2D eigenvalue weighted by molar-refractivity contribution is 0.0912. The molecule has 3 N–H and O–H groups in total. The first-order valence-electron chi connectivity index (χ1n) is 8.74. The van der Waals surface area contributed by atoms with Crippen molar-refractivity contribution in [2.75, 3.05) is 13.2 Å². The fraction of sp³-hybridized carbons (Fsp3) is 0.250. The van der Waals surface area contributed by atoms with Crippen LogP contribution in [0.4, 0.5) is 0 Å². The van der Waals surface area contributed by atoms with Crippen LogP contribution in [0.15, 0.2) is 48.8 Å². The molecule has 0 aliphatic carbocycles. The second-order valence-electron chi connectivity index (χ2n) is 6.04. The maximum Gasteiger partial charge on any atom is 0.316 e. The minimum Gasteiger partial charge on any atom is -0.464 e. The highest BCUT2D eigenvalue weighted by atomic mass is 16.5. The van der Waals surface area contributed by atoms with Crippen molar-refractivity contribution in [1.82, 2.24) is 20.3 Å². The maximum absolute atomic E-state index is 12.6. The molecule has 0 radical (unpaired) electrons. The summed E-state index contributed by atoms with van der Waals surface area (Å²) in [6.07, 6.45) is 3.41. The topological polar surface area (TPSA) is 100 Å². The van der Waals surface area contributed by atoms with Crippen molar-refractivity contribution in [3.63, 3.8) is 0 Å². The molecular weight excluding hydrogens is 344 g/mol. The summed E-state index contributed by atoms with van der Waals surface area (Å²) in [5.41, 5.74) is 3.57. The van der Waals surface area contributed by atoms with E-state index in [4.69, 9.17) is 4.74 Å². The average Bonchev–Trinajstić information content (AvgIpc) is 3.18. The molecule has 7 heteroatoms. The van der Waals surface area contributed by atoms with Crippen LogP contribution in [0, 0.1) is 6.92 Å². The molecule has 27 heavy (non-hydrogen) atoms. The number of aryl methyl sites for hydroxylation is 1. The highest BCUT2D eigenvalue weighted by molar-refractivity contribution is 5.94. The van der Waals surface area contributed by atoms with Crippen LogP contribution in [-0.4, -0.2) is 39.2 Å². The summed E-state index contributed by atoms with van der Waals surface area (Å²) < 4.78 is 5.35. The first-order chi connectivity index (χ1) is 13.1. The van der Waals surface area contributed by atoms with Crippen LogP contribution in [-0.2, 0) is 0 Å². The van der Waals surface area contributed by atoms with Gasteiger partial charge < -0.3 is 20.1 Å². The number of hydrogen-bond acceptors (Lipinski definition) is 5. The number of aliphatic hydroxyl groups excluding tert-OH is 1. The summed E-state index contributed by atoms with van der Waals surface area (Å²) in [6.45, 7) is 4.05. The second-order valence-corrected chi connectivity index (χ2v) is 6.04. The van der Waals surface area contributed by atoms with Crippen molar-refractivity contribution in [3.8, 4) is 17.3 Å². The summed E-state index contributed by atoms with van der Waals surface area (Å²) in [7, 11) is 0. The van der Waals surface area contributed by atoms with Crippen molar-refractivity contribution >= 4 is 5.91 Å². The molecule has 1 aromatic carbocycles. The van der Waals surface area contributed by atoms with E-state index in [1.165, 1.54) is 0 Å². The van der Waals surface area contributed by atoms with Crippen LogP contribution in [0.25, 0.3) is 11.3 Å². The number of carbonyl (C=O) groups is 1. The molecule has 1 amide bonds. The van der Waals surface area contributed by atoms with Gasteiger partial charge >= 0.3 is 6.01 Å². The summed E-state index contributed by atoms with van der Waals surface area (Å²) in [5, 5.41) is 12.5. The number of hydrogen-bond donors (Lipinski definition) is 3. The van der Waals surface area contributed by atoms with E-state index < -0.39 is 6.04 Å². The van der Waals surface area contributed by atoms with E-state index in [1.807, 2.05) is 44.2 Å². The summed E-state index contributed by atoms with van der Waals surface area (Å²) in [4.78, 5) is 24.1. The van der Waals surface area contributed by atoms with Gasteiger partial charge in [0.05, 0.1) is 24.9 Å². The second kappa shape index (κ2) is 8.46. The molecule has 7 nitrogen and oxygen atoms in total. The summed E-state index contributed by atoms with van der Waals surface area (Å²) in [5.74, 6) is -0.305.